The van der Waals surface area contributed by atoms with Crippen molar-refractivity contribution in [2.24, 2.45) is 0 Å². The van der Waals surface area contributed by atoms with Crippen LogP contribution in [0.15, 0.2) is 29.6 Å². The Labute approximate surface area is 122 Å². The lowest BCUT2D eigenvalue weighted by Crippen LogP contribution is -2.22. The van der Waals surface area contributed by atoms with E-state index in [1.54, 1.807) is 6.07 Å². The van der Waals surface area contributed by atoms with E-state index in [-0.39, 0.29) is 17.5 Å². The number of nitrogens with zero attached hydrogens (tertiary/aromatic N) is 1. The van der Waals surface area contributed by atoms with Gasteiger partial charge in [0.25, 0.3) is 0 Å². The molecule has 2 aromatic heterocycles. The third kappa shape index (κ3) is 3.86. The van der Waals surface area contributed by atoms with Gasteiger partial charge in [0, 0.05) is 22.4 Å². The second kappa shape index (κ2) is 6.60. The molecule has 0 amide bonds. The van der Waals surface area contributed by atoms with E-state index in [1.807, 2.05) is 17.5 Å². The van der Waals surface area contributed by atoms with E-state index in [9.17, 15) is 14.9 Å². The van der Waals surface area contributed by atoms with Gasteiger partial charge in [0.1, 0.15) is 0 Å². The van der Waals surface area contributed by atoms with Crippen molar-refractivity contribution in [3.05, 3.63) is 49.5 Å². The van der Waals surface area contributed by atoms with E-state index in [1.165, 1.54) is 17.4 Å². The van der Waals surface area contributed by atoms with E-state index in [0.29, 0.717) is 6.54 Å². The summed E-state index contributed by atoms with van der Waals surface area (Å²) in [7, 11) is 0. The quantitative estimate of drug-likeness (QED) is 0.605. The van der Waals surface area contributed by atoms with Gasteiger partial charge in [0.2, 0.25) is 0 Å². The van der Waals surface area contributed by atoms with Gasteiger partial charge in [-0.2, -0.15) is 0 Å². The molecule has 8 heteroatoms. The summed E-state index contributed by atoms with van der Waals surface area (Å²) in [6, 6.07) is 6.60. The first-order chi connectivity index (χ1) is 9.56. The van der Waals surface area contributed by atoms with Crippen LogP contribution in [0.1, 0.15) is 22.2 Å². The summed E-state index contributed by atoms with van der Waals surface area (Å²) in [4.78, 5) is 22.8. The molecule has 0 spiro atoms. The normalized spacial score (nSPS) is 12.2. The van der Waals surface area contributed by atoms with Gasteiger partial charge in [-0.15, -0.1) is 11.3 Å². The largest absolute Gasteiger partial charge is 0.481 e. The van der Waals surface area contributed by atoms with Crippen molar-refractivity contribution in [2.75, 3.05) is 0 Å². The molecule has 0 saturated heterocycles. The Morgan fingerprint density at radius 3 is 2.80 bits per heavy atom. The maximum absolute atomic E-state index is 10.9. The average molecular weight is 312 g/mol. The van der Waals surface area contributed by atoms with Crippen molar-refractivity contribution in [3.63, 3.8) is 0 Å². The minimum absolute atomic E-state index is 0.0199. The molecular formula is C12H12N2O4S2. The minimum Gasteiger partial charge on any atom is -0.481 e. The summed E-state index contributed by atoms with van der Waals surface area (Å²) < 4.78 is 0. The number of nitro groups is 1. The Bertz CT molecular complexity index is 594. The molecule has 6 nitrogen and oxygen atoms in total. The van der Waals surface area contributed by atoms with Crippen molar-refractivity contribution in [1.29, 1.82) is 0 Å². The van der Waals surface area contributed by atoms with Gasteiger partial charge in [-0.25, -0.2) is 0 Å². The molecule has 0 fully saturated rings. The summed E-state index contributed by atoms with van der Waals surface area (Å²) in [6.07, 6.45) is -0.0199. The van der Waals surface area contributed by atoms with Crippen LogP contribution in [0, 0.1) is 10.1 Å². The van der Waals surface area contributed by atoms with Crippen molar-refractivity contribution >= 4 is 33.6 Å². The molecule has 0 aliphatic carbocycles. The van der Waals surface area contributed by atoms with Crippen LogP contribution in [-0.4, -0.2) is 16.0 Å². The predicted molar refractivity (Wildman–Crippen MR) is 77.1 cm³/mol. The maximum atomic E-state index is 10.9. The predicted octanol–water partition coefficient (Wildman–Crippen LogP) is 3.02. The van der Waals surface area contributed by atoms with Crippen LogP contribution < -0.4 is 5.32 Å². The first-order valence-corrected chi connectivity index (χ1v) is 7.47. The fourth-order valence-corrected chi connectivity index (χ4v) is 3.29. The van der Waals surface area contributed by atoms with E-state index in [4.69, 9.17) is 5.11 Å². The number of aliphatic carboxylic acids is 1. The fourth-order valence-electron chi connectivity index (χ4n) is 1.72. The molecule has 2 rings (SSSR count). The molecule has 2 heterocycles. The van der Waals surface area contributed by atoms with Crippen molar-refractivity contribution in [1.82, 2.24) is 5.32 Å². The average Bonchev–Trinajstić information content (AvgIpc) is 3.05. The lowest BCUT2D eigenvalue weighted by molar-refractivity contribution is -0.380. The number of nitrogens with one attached hydrogen (secondary N) is 1. The van der Waals surface area contributed by atoms with Crippen LogP contribution in [-0.2, 0) is 11.3 Å². The molecule has 2 aromatic rings. The first-order valence-electron chi connectivity index (χ1n) is 5.78. The van der Waals surface area contributed by atoms with Crippen LogP contribution in [0.2, 0.25) is 0 Å². The van der Waals surface area contributed by atoms with Crippen LogP contribution in [0.5, 0.6) is 0 Å². The lowest BCUT2D eigenvalue weighted by Gasteiger charge is -2.14. The molecule has 0 saturated carbocycles. The second-order valence-electron chi connectivity index (χ2n) is 4.04. The molecule has 0 aromatic carbocycles. The maximum Gasteiger partial charge on any atom is 0.324 e. The minimum atomic E-state index is -0.881. The number of carboxylic acids is 1. The number of hydrogen-bond acceptors (Lipinski definition) is 6. The smallest absolute Gasteiger partial charge is 0.324 e. The standard InChI is InChI=1S/C12H12N2O4S2/c15-12(16)6-9(10-2-1-5-19-10)13-7-8-3-4-11(20-8)14(17)18/h1-5,9,13H,6-7H2,(H,15,16). The SMILES string of the molecule is O=C(O)CC(NCc1ccc([N+](=O)[O-])s1)c1cccs1. The van der Waals surface area contributed by atoms with E-state index in [2.05, 4.69) is 5.32 Å². The molecule has 0 bridgehead atoms. The summed E-state index contributed by atoms with van der Waals surface area (Å²) in [5.41, 5.74) is 0. The fraction of sp³-hybridized carbons (Fsp3) is 0.250. The highest BCUT2D eigenvalue weighted by atomic mass is 32.1. The van der Waals surface area contributed by atoms with E-state index < -0.39 is 10.9 Å². The van der Waals surface area contributed by atoms with Gasteiger partial charge >= 0.3 is 11.0 Å². The third-order valence-electron chi connectivity index (χ3n) is 2.62. The topological polar surface area (TPSA) is 92.5 Å². The molecule has 20 heavy (non-hydrogen) atoms. The first kappa shape index (κ1) is 14.6. The molecule has 1 atom stereocenters. The zero-order chi connectivity index (χ0) is 14.5. The molecular weight excluding hydrogens is 300 g/mol. The van der Waals surface area contributed by atoms with Gasteiger partial charge in [0.15, 0.2) is 0 Å². The summed E-state index contributed by atoms with van der Waals surface area (Å²) >= 11 is 2.58. The number of carbonyl (C=O) groups is 1. The van der Waals surface area contributed by atoms with Gasteiger partial charge in [0.05, 0.1) is 17.4 Å². The Hall–Kier alpha value is -1.77. The van der Waals surface area contributed by atoms with Crippen molar-refractivity contribution in [3.8, 4) is 0 Å². The Balaban J connectivity index is 2.01. The van der Waals surface area contributed by atoms with Crippen LogP contribution >= 0.6 is 22.7 Å². The number of hydrogen-bond donors (Lipinski definition) is 2. The van der Waals surface area contributed by atoms with Gasteiger partial charge < -0.3 is 10.4 Å². The van der Waals surface area contributed by atoms with Crippen LogP contribution in [0.25, 0.3) is 0 Å². The second-order valence-corrected chi connectivity index (χ2v) is 6.17. The van der Waals surface area contributed by atoms with Crippen molar-refractivity contribution in [2.45, 2.75) is 19.0 Å². The number of rotatable bonds is 7. The zero-order valence-electron chi connectivity index (χ0n) is 10.3. The summed E-state index contributed by atoms with van der Waals surface area (Å²) in [5.74, 6) is -0.881. The zero-order valence-corrected chi connectivity index (χ0v) is 11.9. The van der Waals surface area contributed by atoms with Crippen LogP contribution in [0.4, 0.5) is 5.00 Å². The molecule has 106 valence electrons. The van der Waals surface area contributed by atoms with Gasteiger partial charge in [-0.05, 0) is 17.5 Å². The van der Waals surface area contributed by atoms with Crippen LogP contribution in [0.3, 0.4) is 0 Å². The Morgan fingerprint density at radius 2 is 2.25 bits per heavy atom. The Kier molecular flexibility index (Phi) is 4.83. The highest BCUT2D eigenvalue weighted by Crippen LogP contribution is 2.26. The lowest BCUT2D eigenvalue weighted by atomic mass is 10.1. The molecule has 0 aliphatic heterocycles. The molecule has 1 unspecified atom stereocenters. The molecule has 0 radical (unpaired) electrons. The van der Waals surface area contributed by atoms with Gasteiger partial charge in [-0.3, -0.25) is 14.9 Å². The summed E-state index contributed by atoms with van der Waals surface area (Å²) in [5, 5.41) is 24.7. The molecule has 2 N–H and O–H groups in total. The van der Waals surface area contributed by atoms with Crippen molar-refractivity contribution < 1.29 is 14.8 Å². The Morgan fingerprint density at radius 1 is 1.45 bits per heavy atom. The van der Waals surface area contributed by atoms with E-state index >= 15 is 0 Å². The van der Waals surface area contributed by atoms with Gasteiger partial charge in [-0.1, -0.05) is 17.4 Å². The highest BCUT2D eigenvalue weighted by molar-refractivity contribution is 7.15. The third-order valence-corrected chi connectivity index (χ3v) is 4.64. The number of thiophene rings is 2. The number of carboxylic acid groups (broad SMARTS) is 1. The summed E-state index contributed by atoms with van der Waals surface area (Å²) in [6.45, 7) is 0.411. The molecule has 0 aliphatic rings. The monoisotopic (exact) mass is 312 g/mol. The van der Waals surface area contributed by atoms with E-state index in [0.717, 1.165) is 21.1 Å². The highest BCUT2D eigenvalue weighted by Gasteiger charge is 2.17.